The van der Waals surface area contributed by atoms with Crippen LogP contribution in [0.4, 0.5) is 11.4 Å². The van der Waals surface area contributed by atoms with Gasteiger partial charge < -0.3 is 19.9 Å². The van der Waals surface area contributed by atoms with Crippen molar-refractivity contribution in [3.8, 4) is 5.75 Å². The third-order valence-electron chi connectivity index (χ3n) is 3.61. The maximum Gasteiger partial charge on any atom is 0.119 e. The summed E-state index contributed by atoms with van der Waals surface area (Å²) in [5.74, 6) is 0.910. The molecule has 0 amide bonds. The van der Waals surface area contributed by atoms with E-state index in [1.54, 1.807) is 0 Å². The molecule has 23 heavy (non-hydrogen) atoms. The average Bonchev–Trinajstić information content (AvgIpc) is 2.54. The van der Waals surface area contributed by atoms with Crippen molar-refractivity contribution >= 4 is 11.4 Å². The molecule has 0 aliphatic rings. The number of nitrogens with zero attached hydrogens (tertiary/aromatic N) is 2. The van der Waals surface area contributed by atoms with Gasteiger partial charge in [-0.15, -0.1) is 0 Å². The fourth-order valence-electron chi connectivity index (χ4n) is 2.13. The highest BCUT2D eigenvalue weighted by atomic mass is 16.5. The summed E-state index contributed by atoms with van der Waals surface area (Å²) in [5.41, 5.74) is 3.58. The number of rotatable bonds is 8. The molecule has 0 unspecified atom stereocenters. The van der Waals surface area contributed by atoms with Crippen molar-refractivity contribution in [2.75, 3.05) is 51.6 Å². The molecule has 0 saturated heterocycles. The van der Waals surface area contributed by atoms with Crippen LogP contribution in [0.25, 0.3) is 0 Å². The number of nitrogens with one attached hydrogen (secondary N) is 1. The Morgan fingerprint density at radius 1 is 0.870 bits per heavy atom. The van der Waals surface area contributed by atoms with Crippen molar-refractivity contribution in [3.63, 3.8) is 0 Å². The van der Waals surface area contributed by atoms with E-state index in [-0.39, 0.29) is 0 Å². The van der Waals surface area contributed by atoms with Crippen LogP contribution >= 0.6 is 0 Å². The van der Waals surface area contributed by atoms with Crippen LogP contribution in [0.5, 0.6) is 5.75 Å². The number of benzene rings is 2. The lowest BCUT2D eigenvalue weighted by Crippen LogP contribution is -2.19. The normalized spacial score (nSPS) is 10.7. The molecule has 0 bridgehead atoms. The molecule has 1 N–H and O–H groups in total. The zero-order valence-electron chi connectivity index (χ0n) is 14.5. The van der Waals surface area contributed by atoms with Gasteiger partial charge >= 0.3 is 0 Å². The fourth-order valence-corrected chi connectivity index (χ4v) is 2.13. The SMILES string of the molecule is CN(C)CCOc1ccc(NCc2ccc(N(C)C)cc2)cc1. The van der Waals surface area contributed by atoms with E-state index in [0.717, 1.165) is 24.5 Å². The van der Waals surface area contributed by atoms with Gasteiger partial charge in [0, 0.05) is 38.6 Å². The van der Waals surface area contributed by atoms with Crippen LogP contribution in [0.1, 0.15) is 5.56 Å². The summed E-state index contributed by atoms with van der Waals surface area (Å²) in [6.45, 7) is 2.44. The van der Waals surface area contributed by atoms with Crippen molar-refractivity contribution in [1.82, 2.24) is 4.90 Å². The lowest BCUT2D eigenvalue weighted by Gasteiger charge is -2.13. The zero-order valence-corrected chi connectivity index (χ0v) is 14.5. The van der Waals surface area contributed by atoms with Gasteiger partial charge in [0.1, 0.15) is 12.4 Å². The highest BCUT2D eigenvalue weighted by Gasteiger charge is 1.99. The molecule has 0 radical (unpaired) electrons. The van der Waals surface area contributed by atoms with Crippen molar-refractivity contribution < 1.29 is 4.74 Å². The number of ether oxygens (including phenoxy) is 1. The molecule has 0 aliphatic carbocycles. The number of anilines is 2. The number of hydrogen-bond acceptors (Lipinski definition) is 4. The van der Waals surface area contributed by atoms with Crippen molar-refractivity contribution in [2.24, 2.45) is 0 Å². The summed E-state index contributed by atoms with van der Waals surface area (Å²) < 4.78 is 5.70. The Morgan fingerprint density at radius 3 is 2.09 bits per heavy atom. The Kier molecular flexibility index (Phi) is 6.29. The highest BCUT2D eigenvalue weighted by molar-refractivity contribution is 5.49. The van der Waals surface area contributed by atoms with Gasteiger partial charge in [-0.25, -0.2) is 0 Å². The second-order valence-electron chi connectivity index (χ2n) is 6.09. The minimum absolute atomic E-state index is 0.706. The lowest BCUT2D eigenvalue weighted by atomic mass is 10.2. The molecular weight excluding hydrogens is 286 g/mol. The summed E-state index contributed by atoms with van der Waals surface area (Å²) in [7, 11) is 8.19. The summed E-state index contributed by atoms with van der Waals surface area (Å²) in [4.78, 5) is 4.21. The molecule has 4 heteroatoms. The predicted molar refractivity (Wildman–Crippen MR) is 98.6 cm³/mol. The number of hydrogen-bond donors (Lipinski definition) is 1. The van der Waals surface area contributed by atoms with Gasteiger partial charge in [0.05, 0.1) is 0 Å². The summed E-state index contributed by atoms with van der Waals surface area (Å²) in [6.07, 6.45) is 0. The molecular formula is C19H27N3O. The Morgan fingerprint density at radius 2 is 1.52 bits per heavy atom. The topological polar surface area (TPSA) is 27.7 Å². The summed E-state index contributed by atoms with van der Waals surface area (Å²) in [6, 6.07) is 16.7. The van der Waals surface area contributed by atoms with Crippen LogP contribution in [-0.2, 0) is 6.54 Å². The first-order valence-corrected chi connectivity index (χ1v) is 7.92. The van der Waals surface area contributed by atoms with Crippen molar-refractivity contribution in [1.29, 1.82) is 0 Å². The molecule has 2 aromatic rings. The van der Waals surface area contributed by atoms with Crippen molar-refractivity contribution in [3.05, 3.63) is 54.1 Å². The molecule has 2 aromatic carbocycles. The molecule has 4 nitrogen and oxygen atoms in total. The van der Waals surface area contributed by atoms with Crippen LogP contribution in [0, 0.1) is 0 Å². The van der Waals surface area contributed by atoms with Gasteiger partial charge in [-0.3, -0.25) is 0 Å². The lowest BCUT2D eigenvalue weighted by molar-refractivity contribution is 0.261. The first kappa shape index (κ1) is 17.2. The Labute approximate surface area is 139 Å². The van der Waals surface area contributed by atoms with Gasteiger partial charge in [0.25, 0.3) is 0 Å². The molecule has 0 fully saturated rings. The van der Waals surface area contributed by atoms with Crippen LogP contribution < -0.4 is 15.0 Å². The largest absolute Gasteiger partial charge is 0.492 e. The molecule has 0 saturated carbocycles. The molecule has 0 spiro atoms. The van der Waals surface area contributed by atoms with Crippen LogP contribution in [0.3, 0.4) is 0 Å². The van der Waals surface area contributed by atoms with E-state index < -0.39 is 0 Å². The molecule has 0 atom stereocenters. The van der Waals surface area contributed by atoms with Gasteiger partial charge in [-0.1, -0.05) is 12.1 Å². The molecule has 0 heterocycles. The van der Waals surface area contributed by atoms with Crippen molar-refractivity contribution in [2.45, 2.75) is 6.54 Å². The zero-order chi connectivity index (χ0) is 16.7. The molecule has 0 aliphatic heterocycles. The fraction of sp³-hybridized carbons (Fsp3) is 0.368. The van der Waals surface area contributed by atoms with Gasteiger partial charge in [-0.05, 0) is 56.1 Å². The third kappa shape index (κ3) is 5.83. The van der Waals surface area contributed by atoms with E-state index in [4.69, 9.17) is 4.74 Å². The van der Waals surface area contributed by atoms with Crippen LogP contribution in [0.2, 0.25) is 0 Å². The van der Waals surface area contributed by atoms with E-state index in [2.05, 4.69) is 65.6 Å². The Bertz CT molecular complexity index is 577. The maximum absolute atomic E-state index is 5.70. The molecule has 124 valence electrons. The van der Waals surface area contributed by atoms with Crippen LogP contribution in [-0.4, -0.2) is 46.2 Å². The Balaban J connectivity index is 1.81. The third-order valence-corrected chi connectivity index (χ3v) is 3.61. The molecule has 0 aromatic heterocycles. The molecule has 2 rings (SSSR count). The first-order chi connectivity index (χ1) is 11.0. The summed E-state index contributed by atoms with van der Waals surface area (Å²) in [5, 5.41) is 3.43. The quantitative estimate of drug-likeness (QED) is 0.809. The number of likely N-dealkylation sites (N-methyl/N-ethyl adjacent to an activating group) is 1. The van der Waals surface area contributed by atoms with Gasteiger partial charge in [0.15, 0.2) is 0 Å². The monoisotopic (exact) mass is 313 g/mol. The van der Waals surface area contributed by atoms with E-state index in [1.165, 1.54) is 11.3 Å². The summed E-state index contributed by atoms with van der Waals surface area (Å²) >= 11 is 0. The Hall–Kier alpha value is -2.20. The first-order valence-electron chi connectivity index (χ1n) is 7.92. The van der Waals surface area contributed by atoms with E-state index in [9.17, 15) is 0 Å². The smallest absolute Gasteiger partial charge is 0.119 e. The van der Waals surface area contributed by atoms with Gasteiger partial charge in [0.2, 0.25) is 0 Å². The van der Waals surface area contributed by atoms with Crippen LogP contribution in [0.15, 0.2) is 48.5 Å². The standard InChI is InChI=1S/C19H27N3O/c1-21(2)13-14-23-19-11-7-17(8-12-19)20-15-16-5-9-18(10-6-16)22(3)4/h5-12,20H,13-15H2,1-4H3. The minimum atomic E-state index is 0.706. The van der Waals surface area contributed by atoms with E-state index >= 15 is 0 Å². The van der Waals surface area contributed by atoms with E-state index in [0.29, 0.717) is 6.61 Å². The second-order valence-corrected chi connectivity index (χ2v) is 6.09. The second kappa shape index (κ2) is 8.44. The predicted octanol–water partition coefficient (Wildman–Crippen LogP) is 3.31. The van der Waals surface area contributed by atoms with E-state index in [1.807, 2.05) is 26.2 Å². The average molecular weight is 313 g/mol. The minimum Gasteiger partial charge on any atom is -0.492 e. The highest BCUT2D eigenvalue weighted by Crippen LogP contribution is 2.17. The van der Waals surface area contributed by atoms with Gasteiger partial charge in [-0.2, -0.15) is 0 Å². The maximum atomic E-state index is 5.70.